The summed E-state index contributed by atoms with van der Waals surface area (Å²) < 4.78 is 7.08. The Labute approximate surface area is 416 Å². The number of aliphatic imine (C=N–C) groups is 1. The Kier molecular flexibility index (Phi) is 13.4. The molecule has 1 saturated heterocycles. The van der Waals surface area contributed by atoms with Crippen LogP contribution < -0.4 is 15.5 Å². The number of carbonyl (C=O) groups is 4. The number of nitrogens with one attached hydrogen (secondary N) is 2. The third-order valence-electron chi connectivity index (χ3n) is 13.8. The lowest BCUT2D eigenvalue weighted by molar-refractivity contribution is -0.142. The summed E-state index contributed by atoms with van der Waals surface area (Å²) in [4.78, 5) is 70.7. The van der Waals surface area contributed by atoms with E-state index in [0.717, 1.165) is 89.6 Å². The van der Waals surface area contributed by atoms with Gasteiger partial charge in [0.25, 0.3) is 5.91 Å². The van der Waals surface area contributed by atoms with Crippen LogP contribution in [0.15, 0.2) is 77.2 Å². The summed E-state index contributed by atoms with van der Waals surface area (Å²) in [6, 6.07) is 19.1. The molecule has 3 amide bonds. The number of anilines is 1. The molecule has 0 unspecified atom stereocenters. The lowest BCUT2D eigenvalue weighted by atomic mass is 9.85. The molecule has 0 saturated carbocycles. The number of benzene rings is 3. The number of thiazole rings is 1. The van der Waals surface area contributed by atoms with Crippen molar-refractivity contribution in [2.45, 2.75) is 111 Å². The van der Waals surface area contributed by atoms with E-state index in [2.05, 4.69) is 68.8 Å². The zero-order valence-corrected chi connectivity index (χ0v) is 42.6. The molecular weight excluding hydrogens is 923 g/mol. The lowest BCUT2D eigenvalue weighted by Crippen LogP contribution is -2.57. The number of likely N-dealkylation sites (tertiary alicyclic amines) is 1. The minimum absolute atomic E-state index is 0.0198. The molecule has 3 aromatic heterocycles. The standard InChI is InChI=1S/C53H59N9O6S2/c1-28-31(4)70-52-44(28)45(56-41(24-43(64)68-9)48-59-58-32(5)62(48)52)35-16-18-39(19-17-35)60-21-20-34-12-15-37(22-38(34)25-60)49(65)57-47(53(6,7)8)51(67)61-26-40(63)23-42(61)50(66)55-29(2)33-10-13-36(14-11-33)46-30(3)54-27-69-46/h10-19,22,27,29,40-42,47,63H,20-21,23-26H2,1-9H3,(H,55,66)(H,57,65)/t29-,40+,41-,42-,47+/m0/s1. The smallest absolute Gasteiger partial charge is 0.308 e. The van der Waals surface area contributed by atoms with Crippen LogP contribution in [0.3, 0.4) is 0 Å². The molecule has 17 heteroatoms. The van der Waals surface area contributed by atoms with Crippen LogP contribution in [0.2, 0.25) is 0 Å². The molecule has 0 spiro atoms. The summed E-state index contributed by atoms with van der Waals surface area (Å²) in [6.07, 6.45) is 0.00137. The number of thiophene rings is 1. The van der Waals surface area contributed by atoms with Crippen LogP contribution in [-0.4, -0.2) is 97.5 Å². The summed E-state index contributed by atoms with van der Waals surface area (Å²) in [5.41, 5.74) is 11.4. The molecular formula is C53H59N9O6S2. The molecule has 0 aliphatic carbocycles. The van der Waals surface area contributed by atoms with E-state index in [1.807, 2.05) is 88.0 Å². The molecule has 364 valence electrons. The van der Waals surface area contributed by atoms with Gasteiger partial charge >= 0.3 is 5.97 Å². The minimum atomic E-state index is -0.986. The first kappa shape index (κ1) is 48.5. The number of amides is 3. The van der Waals surface area contributed by atoms with E-state index >= 15 is 0 Å². The monoisotopic (exact) mass is 981 g/mol. The summed E-state index contributed by atoms with van der Waals surface area (Å²) in [5.74, 6) is -0.244. The number of esters is 1. The Morgan fingerprint density at radius 2 is 1.66 bits per heavy atom. The molecule has 3 aromatic carbocycles. The van der Waals surface area contributed by atoms with Crippen LogP contribution in [0.5, 0.6) is 0 Å². The number of fused-ring (bicyclic) bond motifs is 4. The van der Waals surface area contributed by atoms with Gasteiger partial charge in [-0.15, -0.1) is 32.9 Å². The molecule has 3 aliphatic heterocycles. The number of rotatable bonds is 11. The molecule has 3 aliphatic rings. The summed E-state index contributed by atoms with van der Waals surface area (Å²) in [7, 11) is 1.37. The highest BCUT2D eigenvalue weighted by molar-refractivity contribution is 7.15. The number of hydrogen-bond donors (Lipinski definition) is 3. The van der Waals surface area contributed by atoms with Crippen LogP contribution in [0.1, 0.15) is 119 Å². The second-order valence-electron chi connectivity index (χ2n) is 19.7. The lowest BCUT2D eigenvalue weighted by Gasteiger charge is -2.35. The number of methoxy groups -OCH3 is 1. The third kappa shape index (κ3) is 9.41. The van der Waals surface area contributed by atoms with Gasteiger partial charge in [-0.25, -0.2) is 4.98 Å². The Morgan fingerprint density at radius 3 is 2.34 bits per heavy atom. The Bertz CT molecular complexity index is 3020. The summed E-state index contributed by atoms with van der Waals surface area (Å²) >= 11 is 3.24. The van der Waals surface area contributed by atoms with E-state index in [0.29, 0.717) is 17.9 Å². The molecule has 0 bridgehead atoms. The van der Waals surface area contributed by atoms with Crippen LogP contribution >= 0.6 is 22.7 Å². The average molecular weight is 982 g/mol. The van der Waals surface area contributed by atoms with E-state index in [4.69, 9.17) is 9.73 Å². The van der Waals surface area contributed by atoms with Crippen molar-refractivity contribution in [1.29, 1.82) is 0 Å². The maximum Gasteiger partial charge on any atom is 0.308 e. The molecule has 15 nitrogen and oxygen atoms in total. The van der Waals surface area contributed by atoms with E-state index in [1.165, 1.54) is 12.0 Å². The van der Waals surface area contributed by atoms with Crippen molar-refractivity contribution in [2.75, 3.05) is 25.1 Å². The van der Waals surface area contributed by atoms with Crippen molar-refractivity contribution in [3.05, 3.63) is 133 Å². The Morgan fingerprint density at radius 1 is 0.929 bits per heavy atom. The van der Waals surface area contributed by atoms with Gasteiger partial charge in [-0.1, -0.05) is 63.2 Å². The van der Waals surface area contributed by atoms with Gasteiger partial charge in [0.15, 0.2) is 5.82 Å². The van der Waals surface area contributed by atoms with Gasteiger partial charge in [0.2, 0.25) is 11.8 Å². The van der Waals surface area contributed by atoms with Crippen molar-refractivity contribution in [2.24, 2.45) is 10.4 Å². The van der Waals surface area contributed by atoms with Crippen LogP contribution in [0.25, 0.3) is 15.4 Å². The number of β-amino-alcohol motifs (C(OH)–C–C–N with tert-alkyl or cyclic N) is 1. The topological polar surface area (TPSA) is 184 Å². The second-order valence-corrected chi connectivity index (χ2v) is 21.7. The first-order valence-corrected chi connectivity index (χ1v) is 25.3. The number of nitrogens with zero attached hydrogens (tertiary/aromatic N) is 7. The fraction of sp³-hybridized carbons (Fsp3) is 0.396. The molecule has 3 N–H and O–H groups in total. The number of aliphatic hydroxyl groups excluding tert-OH is 1. The van der Waals surface area contributed by atoms with Crippen molar-refractivity contribution in [1.82, 2.24) is 35.3 Å². The zero-order chi connectivity index (χ0) is 49.8. The van der Waals surface area contributed by atoms with Crippen LogP contribution in [0.4, 0.5) is 5.69 Å². The van der Waals surface area contributed by atoms with Gasteiger partial charge in [0.05, 0.1) is 47.5 Å². The first-order chi connectivity index (χ1) is 33.4. The fourth-order valence-corrected chi connectivity index (χ4v) is 11.8. The van der Waals surface area contributed by atoms with E-state index < -0.39 is 41.5 Å². The predicted molar refractivity (Wildman–Crippen MR) is 272 cm³/mol. The highest BCUT2D eigenvalue weighted by atomic mass is 32.1. The van der Waals surface area contributed by atoms with Gasteiger partial charge in [-0.3, -0.25) is 28.7 Å². The maximum absolute atomic E-state index is 14.5. The summed E-state index contributed by atoms with van der Waals surface area (Å²) in [6.45, 7) is 16.9. The molecule has 70 heavy (non-hydrogen) atoms. The van der Waals surface area contributed by atoms with Crippen LogP contribution in [-0.2, 0) is 32.1 Å². The Balaban J connectivity index is 0.893. The highest BCUT2D eigenvalue weighted by Crippen LogP contribution is 2.40. The summed E-state index contributed by atoms with van der Waals surface area (Å²) in [5, 5.41) is 26.8. The van der Waals surface area contributed by atoms with Crippen LogP contribution in [0, 0.1) is 33.1 Å². The highest BCUT2D eigenvalue weighted by Gasteiger charge is 2.45. The van der Waals surface area contributed by atoms with E-state index in [-0.39, 0.29) is 37.3 Å². The number of hydrogen-bond acceptors (Lipinski definition) is 13. The van der Waals surface area contributed by atoms with Crippen molar-refractivity contribution < 1.29 is 29.0 Å². The van der Waals surface area contributed by atoms with Gasteiger partial charge in [-0.05, 0) is 98.5 Å². The molecule has 6 aromatic rings. The van der Waals surface area contributed by atoms with E-state index in [1.54, 1.807) is 28.7 Å². The fourth-order valence-electron chi connectivity index (χ4n) is 9.74. The quantitative estimate of drug-likeness (QED) is 0.109. The van der Waals surface area contributed by atoms with Crippen molar-refractivity contribution >= 4 is 57.8 Å². The minimum Gasteiger partial charge on any atom is -0.469 e. The molecule has 9 rings (SSSR count). The second kappa shape index (κ2) is 19.3. The number of carbonyl (C=O) groups excluding carboxylic acids is 4. The number of ether oxygens (including phenoxy) is 1. The van der Waals surface area contributed by atoms with Gasteiger partial charge in [0.1, 0.15) is 29.0 Å². The maximum atomic E-state index is 14.5. The van der Waals surface area contributed by atoms with Crippen molar-refractivity contribution in [3.63, 3.8) is 0 Å². The number of aryl methyl sites for hydroxylation is 3. The van der Waals surface area contributed by atoms with Gasteiger partial charge < -0.3 is 30.3 Å². The molecule has 1 fully saturated rings. The third-order valence-corrected chi connectivity index (χ3v) is 16.0. The predicted octanol–water partition coefficient (Wildman–Crippen LogP) is 7.69. The zero-order valence-electron chi connectivity index (χ0n) is 41.0. The van der Waals surface area contributed by atoms with Gasteiger partial charge in [-0.2, -0.15) is 0 Å². The number of aromatic nitrogens is 4. The number of aliphatic hydroxyl groups is 1. The molecule has 5 atom stereocenters. The normalized spacial score (nSPS) is 18.5. The van der Waals surface area contributed by atoms with Crippen molar-refractivity contribution in [3.8, 4) is 15.4 Å². The largest absolute Gasteiger partial charge is 0.469 e. The Hall–Kier alpha value is -6.56. The van der Waals surface area contributed by atoms with E-state index in [9.17, 15) is 24.3 Å². The van der Waals surface area contributed by atoms with Gasteiger partial charge in [0, 0.05) is 53.3 Å². The SMILES string of the molecule is COC(=O)C[C@@H]1N=C(c2ccc(N3CCc4ccc(C(=O)N[C@H](C(=O)N5C[C@H](O)C[C@H]5C(=O)N[C@@H](C)c5ccc(-c6scnc6C)cc5)C(C)(C)C)cc4C3)cc2)c2c(sc(C)c2C)-n2c(C)nnc21. The first-order valence-electron chi connectivity index (χ1n) is 23.6. The average Bonchev–Trinajstić information content (AvgIpc) is 4.11. The molecule has 6 heterocycles. The molecule has 0 radical (unpaired) electrons.